The first-order valence-corrected chi connectivity index (χ1v) is 11.1. The molecule has 1 fully saturated rings. The maximum atomic E-state index is 13.5. The Labute approximate surface area is 182 Å². The molecule has 2 bridgehead atoms. The zero-order valence-corrected chi connectivity index (χ0v) is 16.9. The van der Waals surface area contributed by atoms with Crippen LogP contribution in [0.3, 0.4) is 0 Å². The summed E-state index contributed by atoms with van der Waals surface area (Å²) in [5.41, 5.74) is 1.40. The average molecular weight is 441 g/mol. The van der Waals surface area contributed by atoms with Crippen LogP contribution in [0.2, 0.25) is 0 Å². The van der Waals surface area contributed by atoms with Crippen LogP contribution in [0, 0.1) is 0 Å². The topological polar surface area (TPSA) is 103 Å². The van der Waals surface area contributed by atoms with Gasteiger partial charge < -0.3 is 10.1 Å². The number of fused-ring (bicyclic) bond motifs is 6. The number of pyridine rings is 1. The third-order valence-electron chi connectivity index (χ3n) is 5.75. The number of alkyl carbamates (subject to hydrolysis) is 1. The van der Waals surface area contributed by atoms with Crippen LogP contribution in [0.4, 0.5) is 4.79 Å². The first-order valence-electron chi connectivity index (χ1n) is 9.85. The fourth-order valence-corrected chi connectivity index (χ4v) is 6.32. The van der Waals surface area contributed by atoms with E-state index in [-0.39, 0.29) is 36.4 Å². The van der Waals surface area contributed by atoms with Crippen LogP contribution in [0.1, 0.15) is 49.2 Å². The van der Waals surface area contributed by atoms with E-state index in [9.17, 15) is 13.8 Å². The Bertz CT molecular complexity index is 1200. The molecule has 1 aliphatic heterocycles. The van der Waals surface area contributed by atoms with Gasteiger partial charge in [0.2, 0.25) is 0 Å². The molecule has 2 aliphatic rings. The van der Waals surface area contributed by atoms with Crippen molar-refractivity contribution in [1.82, 2.24) is 19.9 Å². The van der Waals surface area contributed by atoms with Crippen molar-refractivity contribution in [2.45, 2.75) is 50.0 Å². The number of hydrogen-bond donors (Lipinski definition) is 1. The van der Waals surface area contributed by atoms with E-state index >= 15 is 0 Å². The van der Waals surface area contributed by atoms with Crippen LogP contribution >= 0.6 is 0 Å². The van der Waals surface area contributed by atoms with Crippen molar-refractivity contribution in [3.63, 3.8) is 0 Å². The maximum Gasteiger partial charge on any atom is 0.408 e. The largest absolute Gasteiger partial charge is 0.445 e. The molecule has 8 nitrogen and oxygen atoms in total. The van der Waals surface area contributed by atoms with E-state index in [2.05, 4.69) is 15.3 Å². The number of nitrogens with zero attached hydrogens (tertiary/aromatic N) is 3. The highest BCUT2D eigenvalue weighted by molar-refractivity contribution is 7.86. The minimum atomic E-state index is -1.48. The Morgan fingerprint density at radius 2 is 2.06 bits per heavy atom. The molecule has 1 aromatic carbocycles. The molecule has 0 radical (unpaired) electrons. The Hall–Kier alpha value is -3.07. The minimum absolute atomic E-state index is 0. The molecule has 5 rings (SSSR count). The molecule has 1 saturated carbocycles. The lowest BCUT2D eigenvalue weighted by molar-refractivity contribution is 0.138. The van der Waals surface area contributed by atoms with Gasteiger partial charge in [0.1, 0.15) is 24.0 Å². The molecule has 0 saturated heterocycles. The summed E-state index contributed by atoms with van der Waals surface area (Å²) >= 11 is 0. The summed E-state index contributed by atoms with van der Waals surface area (Å²) in [6.07, 6.45) is 4.69. The van der Waals surface area contributed by atoms with Crippen LogP contribution in [-0.4, -0.2) is 30.1 Å². The van der Waals surface area contributed by atoms with Crippen LogP contribution in [0.25, 0.3) is 11.0 Å². The molecule has 2 aromatic heterocycles. The van der Waals surface area contributed by atoms with Crippen molar-refractivity contribution >= 4 is 27.9 Å². The number of benzene rings is 1. The average Bonchev–Trinajstić information content (AvgIpc) is 3.24. The quantitative estimate of drug-likeness (QED) is 0.671. The predicted molar refractivity (Wildman–Crippen MR) is 118 cm³/mol. The van der Waals surface area contributed by atoms with Gasteiger partial charge >= 0.3 is 6.09 Å². The second kappa shape index (κ2) is 8.58. The summed E-state index contributed by atoms with van der Waals surface area (Å²) in [4.78, 5) is 34.2. The van der Waals surface area contributed by atoms with E-state index in [4.69, 9.17) is 4.74 Å². The summed E-state index contributed by atoms with van der Waals surface area (Å²) in [6.45, 7) is 0.0911. The highest BCUT2D eigenvalue weighted by Crippen LogP contribution is 2.40. The molecule has 1 amide bonds. The van der Waals surface area contributed by atoms with Gasteiger partial charge in [-0.25, -0.2) is 14.8 Å². The molecule has 4 atom stereocenters. The number of ether oxygens (including phenoxy) is 1. The molecule has 162 valence electrons. The third kappa shape index (κ3) is 3.74. The molecular formula is C22H24N4O4S. The molecule has 1 N–H and O–H groups in total. The van der Waals surface area contributed by atoms with Crippen molar-refractivity contribution in [3.8, 4) is 0 Å². The summed E-state index contributed by atoms with van der Waals surface area (Å²) in [5.74, 6) is 0. The number of nitrogens with one attached hydrogen (secondary N) is 1. The number of carbonyl (C=O) groups is 1. The minimum Gasteiger partial charge on any atom is -0.445 e. The van der Waals surface area contributed by atoms with Crippen molar-refractivity contribution in [2.75, 3.05) is 0 Å². The maximum absolute atomic E-state index is 13.5. The summed E-state index contributed by atoms with van der Waals surface area (Å²) in [5, 5.41) is 2.20. The standard InChI is InChI=1S/C21H20N4O4S.CH4/c26-20-15-9-14-10-22-12-23-18(14)25(20)16-7-4-8-17(16)30(28)19(15)24-21(27)29-11-13-5-2-1-3-6-13;/h1-3,5-6,9-10,12,16-17,19H,4,7-8,11H2,(H,24,27);1H4. The normalized spacial score (nSPS) is 24.0. The van der Waals surface area contributed by atoms with E-state index in [1.807, 2.05) is 30.3 Å². The molecule has 3 heterocycles. The molecule has 9 heteroatoms. The van der Waals surface area contributed by atoms with Crippen molar-refractivity contribution < 1.29 is 13.7 Å². The van der Waals surface area contributed by atoms with Crippen molar-refractivity contribution in [3.05, 3.63) is 70.4 Å². The molecule has 4 unspecified atom stereocenters. The highest BCUT2D eigenvalue weighted by atomic mass is 32.2. The van der Waals surface area contributed by atoms with Gasteiger partial charge in [0.15, 0.2) is 0 Å². The summed E-state index contributed by atoms with van der Waals surface area (Å²) in [7, 11) is -1.48. The number of amides is 1. The second-order valence-electron chi connectivity index (χ2n) is 7.53. The Balaban J connectivity index is 0.00000231. The lowest BCUT2D eigenvalue weighted by Crippen LogP contribution is -2.36. The van der Waals surface area contributed by atoms with E-state index in [1.54, 1.807) is 16.8 Å². The zero-order valence-electron chi connectivity index (χ0n) is 16.1. The second-order valence-corrected chi connectivity index (χ2v) is 9.26. The first kappa shape index (κ1) is 21.2. The lowest BCUT2D eigenvalue weighted by Gasteiger charge is -2.21. The molecular weight excluding hydrogens is 416 g/mol. The monoisotopic (exact) mass is 440 g/mol. The highest BCUT2D eigenvalue weighted by Gasteiger charge is 2.43. The number of aromatic nitrogens is 3. The van der Waals surface area contributed by atoms with Crippen LogP contribution in [0.15, 0.2) is 53.7 Å². The fourth-order valence-electron chi connectivity index (χ4n) is 4.38. The van der Waals surface area contributed by atoms with Gasteiger partial charge in [-0.15, -0.1) is 0 Å². The SMILES string of the molecule is C.O=C(NC1c2cc3cncnc3n(c2=O)C2CCCC2S1=O)OCc1ccccc1. The van der Waals surface area contributed by atoms with Gasteiger partial charge in [-0.2, -0.15) is 0 Å². The van der Waals surface area contributed by atoms with Gasteiger partial charge in [-0.05, 0) is 24.5 Å². The Morgan fingerprint density at radius 3 is 2.87 bits per heavy atom. The van der Waals surface area contributed by atoms with E-state index in [0.717, 1.165) is 24.8 Å². The summed E-state index contributed by atoms with van der Waals surface area (Å²) in [6, 6.07) is 10.7. The first-order chi connectivity index (χ1) is 14.6. The summed E-state index contributed by atoms with van der Waals surface area (Å²) < 4.78 is 20.4. The fraction of sp³-hybridized carbons (Fsp3) is 0.364. The van der Waals surface area contributed by atoms with Gasteiger partial charge in [0.25, 0.3) is 5.56 Å². The number of hydrogen-bond acceptors (Lipinski definition) is 6. The van der Waals surface area contributed by atoms with E-state index in [1.165, 1.54) is 6.33 Å². The van der Waals surface area contributed by atoms with Crippen molar-refractivity contribution in [1.29, 1.82) is 0 Å². The predicted octanol–water partition coefficient (Wildman–Crippen LogP) is 3.21. The lowest BCUT2D eigenvalue weighted by atomic mass is 10.1. The van der Waals surface area contributed by atoms with Gasteiger partial charge in [-0.3, -0.25) is 13.6 Å². The third-order valence-corrected chi connectivity index (χ3v) is 7.73. The van der Waals surface area contributed by atoms with E-state index < -0.39 is 22.3 Å². The molecule has 0 spiro atoms. The van der Waals surface area contributed by atoms with Gasteiger partial charge in [0, 0.05) is 11.6 Å². The van der Waals surface area contributed by atoms with Gasteiger partial charge in [-0.1, -0.05) is 44.2 Å². The van der Waals surface area contributed by atoms with Gasteiger partial charge in [0.05, 0.1) is 27.7 Å². The Morgan fingerprint density at radius 1 is 1.26 bits per heavy atom. The molecule has 3 aromatic rings. The van der Waals surface area contributed by atoms with Crippen molar-refractivity contribution in [2.24, 2.45) is 0 Å². The van der Waals surface area contributed by atoms with Crippen LogP contribution in [-0.2, 0) is 22.1 Å². The molecule has 31 heavy (non-hydrogen) atoms. The number of rotatable bonds is 3. The van der Waals surface area contributed by atoms with E-state index in [0.29, 0.717) is 11.0 Å². The molecule has 1 aliphatic carbocycles. The Kier molecular flexibility index (Phi) is 5.86. The van der Waals surface area contributed by atoms with Crippen LogP contribution < -0.4 is 10.9 Å². The zero-order chi connectivity index (χ0) is 20.7. The number of carbonyl (C=O) groups excluding carboxylic acids is 1. The van der Waals surface area contributed by atoms with Crippen LogP contribution in [0.5, 0.6) is 0 Å². The smallest absolute Gasteiger partial charge is 0.408 e.